The van der Waals surface area contributed by atoms with Crippen molar-refractivity contribution in [2.75, 3.05) is 0 Å². The second kappa shape index (κ2) is 6.06. The third-order valence-electron chi connectivity index (χ3n) is 2.44. The molecule has 2 aromatic rings. The molecule has 0 fully saturated rings. The predicted molar refractivity (Wildman–Crippen MR) is 71.7 cm³/mol. The normalized spacial score (nSPS) is 9.95. The number of nitro groups is 1. The summed E-state index contributed by atoms with van der Waals surface area (Å²) in [7, 11) is 0. The minimum Gasteiger partial charge on any atom is -0.459 e. The van der Waals surface area contributed by atoms with Crippen LogP contribution in [0.3, 0.4) is 0 Å². The Morgan fingerprint density at radius 3 is 2.48 bits per heavy atom. The third kappa shape index (κ3) is 3.37. The number of carbonyl (C=O) groups excluding carboxylic acids is 2. The Morgan fingerprint density at radius 1 is 1.19 bits per heavy atom. The Morgan fingerprint density at radius 2 is 1.90 bits per heavy atom. The van der Waals surface area contributed by atoms with Gasteiger partial charge in [0, 0.05) is 12.1 Å². The van der Waals surface area contributed by atoms with Gasteiger partial charge in [-0.1, -0.05) is 11.6 Å². The molecule has 2 N–H and O–H groups in total. The number of halogens is 1. The lowest BCUT2D eigenvalue weighted by molar-refractivity contribution is -0.384. The van der Waals surface area contributed by atoms with Crippen molar-refractivity contribution in [1.29, 1.82) is 0 Å². The van der Waals surface area contributed by atoms with Gasteiger partial charge in [-0.05, 0) is 18.2 Å². The van der Waals surface area contributed by atoms with Gasteiger partial charge in [-0.3, -0.25) is 30.6 Å². The van der Waals surface area contributed by atoms with E-state index in [-0.39, 0.29) is 22.0 Å². The summed E-state index contributed by atoms with van der Waals surface area (Å²) in [6.45, 7) is 0. The molecule has 2 amide bonds. The summed E-state index contributed by atoms with van der Waals surface area (Å²) < 4.78 is 4.83. The Labute approximate surface area is 122 Å². The third-order valence-corrected chi connectivity index (χ3v) is 2.76. The van der Waals surface area contributed by atoms with E-state index in [9.17, 15) is 19.7 Å². The van der Waals surface area contributed by atoms with E-state index < -0.39 is 16.7 Å². The number of nitrogens with one attached hydrogen (secondary N) is 2. The first kappa shape index (κ1) is 14.5. The zero-order valence-corrected chi connectivity index (χ0v) is 11.1. The highest BCUT2D eigenvalue weighted by Crippen LogP contribution is 2.22. The average molecular weight is 310 g/mol. The van der Waals surface area contributed by atoms with E-state index in [1.165, 1.54) is 24.5 Å². The number of hydrazine groups is 1. The lowest BCUT2D eigenvalue weighted by Gasteiger charge is -2.07. The van der Waals surface area contributed by atoms with Gasteiger partial charge in [0.15, 0.2) is 5.76 Å². The van der Waals surface area contributed by atoms with Crippen LogP contribution in [0.5, 0.6) is 0 Å². The average Bonchev–Trinajstić information content (AvgIpc) is 2.98. The number of furan rings is 1. The molecular weight excluding hydrogens is 302 g/mol. The van der Waals surface area contributed by atoms with E-state index in [1.807, 2.05) is 0 Å². The number of nitrogens with zero attached hydrogens (tertiary/aromatic N) is 1. The van der Waals surface area contributed by atoms with Crippen LogP contribution in [0.4, 0.5) is 5.69 Å². The van der Waals surface area contributed by atoms with E-state index >= 15 is 0 Å². The summed E-state index contributed by atoms with van der Waals surface area (Å²) in [5.74, 6) is -1.34. The molecule has 108 valence electrons. The molecule has 0 aliphatic carbocycles. The summed E-state index contributed by atoms with van der Waals surface area (Å²) in [4.78, 5) is 33.3. The molecule has 0 unspecified atom stereocenters. The van der Waals surface area contributed by atoms with Crippen molar-refractivity contribution in [2.45, 2.75) is 0 Å². The number of hydrogen-bond donors (Lipinski definition) is 2. The molecule has 1 aromatic heterocycles. The molecule has 0 saturated carbocycles. The standard InChI is InChI=1S/C12H8ClN3O5/c13-9-6-7(16(19)20)3-4-8(9)11(17)14-15-12(18)10-2-1-5-21-10/h1-6H,(H,14,17)(H,15,18). The molecule has 0 saturated heterocycles. The van der Waals surface area contributed by atoms with Crippen molar-refractivity contribution in [1.82, 2.24) is 10.9 Å². The van der Waals surface area contributed by atoms with Gasteiger partial charge in [-0.2, -0.15) is 0 Å². The predicted octanol–water partition coefficient (Wildman–Crippen LogP) is 1.92. The molecular formula is C12H8ClN3O5. The minimum atomic E-state index is -0.713. The summed E-state index contributed by atoms with van der Waals surface area (Å²) in [6, 6.07) is 6.30. The van der Waals surface area contributed by atoms with Crippen LogP contribution in [0.15, 0.2) is 41.0 Å². The van der Waals surface area contributed by atoms with Gasteiger partial charge in [-0.15, -0.1) is 0 Å². The highest BCUT2D eigenvalue weighted by molar-refractivity contribution is 6.34. The number of rotatable bonds is 3. The molecule has 1 heterocycles. The van der Waals surface area contributed by atoms with Gasteiger partial charge >= 0.3 is 5.91 Å². The zero-order valence-electron chi connectivity index (χ0n) is 10.3. The van der Waals surface area contributed by atoms with Crippen molar-refractivity contribution >= 4 is 29.1 Å². The second-order valence-corrected chi connectivity index (χ2v) is 4.21. The summed E-state index contributed by atoms with van der Waals surface area (Å²) in [5.41, 5.74) is 4.00. The second-order valence-electron chi connectivity index (χ2n) is 3.81. The maximum Gasteiger partial charge on any atom is 0.305 e. The van der Waals surface area contributed by atoms with Crippen molar-refractivity contribution in [3.8, 4) is 0 Å². The zero-order chi connectivity index (χ0) is 15.4. The fraction of sp³-hybridized carbons (Fsp3) is 0. The summed E-state index contributed by atoms with van der Waals surface area (Å²) >= 11 is 5.79. The molecule has 0 atom stereocenters. The van der Waals surface area contributed by atoms with E-state index in [0.717, 1.165) is 12.1 Å². The lowest BCUT2D eigenvalue weighted by atomic mass is 10.2. The number of nitro benzene ring substituents is 1. The van der Waals surface area contributed by atoms with Gasteiger partial charge in [0.05, 0.1) is 21.8 Å². The largest absolute Gasteiger partial charge is 0.459 e. The molecule has 0 aliphatic heterocycles. The first-order valence-corrected chi connectivity index (χ1v) is 5.95. The van der Waals surface area contributed by atoms with Crippen molar-refractivity contribution in [3.05, 3.63) is 63.1 Å². The maximum absolute atomic E-state index is 11.8. The lowest BCUT2D eigenvalue weighted by Crippen LogP contribution is -2.41. The Hall–Kier alpha value is -2.87. The number of non-ortho nitro benzene ring substituents is 1. The molecule has 0 radical (unpaired) electrons. The number of benzene rings is 1. The van der Waals surface area contributed by atoms with E-state index in [2.05, 4.69) is 10.9 Å². The molecule has 0 spiro atoms. The molecule has 0 aliphatic rings. The van der Waals surface area contributed by atoms with Crippen LogP contribution in [0.25, 0.3) is 0 Å². The number of amides is 2. The molecule has 1 aromatic carbocycles. The van der Waals surface area contributed by atoms with Crippen molar-refractivity contribution < 1.29 is 18.9 Å². The first-order chi connectivity index (χ1) is 9.99. The molecule has 9 heteroatoms. The quantitative estimate of drug-likeness (QED) is 0.664. The highest BCUT2D eigenvalue weighted by Gasteiger charge is 2.16. The summed E-state index contributed by atoms with van der Waals surface area (Å²) in [5, 5.41) is 10.5. The highest BCUT2D eigenvalue weighted by atomic mass is 35.5. The Kier molecular flexibility index (Phi) is 4.19. The van der Waals surface area contributed by atoms with Crippen LogP contribution in [0, 0.1) is 10.1 Å². The monoisotopic (exact) mass is 309 g/mol. The van der Waals surface area contributed by atoms with Crippen LogP contribution < -0.4 is 10.9 Å². The van der Waals surface area contributed by atoms with Crippen LogP contribution in [0.2, 0.25) is 5.02 Å². The van der Waals surface area contributed by atoms with Crippen LogP contribution >= 0.6 is 11.6 Å². The molecule has 8 nitrogen and oxygen atoms in total. The molecule has 0 bridgehead atoms. The molecule has 2 rings (SSSR count). The van der Waals surface area contributed by atoms with E-state index in [1.54, 1.807) is 0 Å². The summed E-state index contributed by atoms with van der Waals surface area (Å²) in [6.07, 6.45) is 1.31. The Bertz CT molecular complexity index is 699. The Balaban J connectivity index is 2.04. The maximum atomic E-state index is 11.8. The van der Waals surface area contributed by atoms with Crippen LogP contribution in [-0.4, -0.2) is 16.7 Å². The fourth-order valence-electron chi connectivity index (χ4n) is 1.45. The smallest absolute Gasteiger partial charge is 0.305 e. The van der Waals surface area contributed by atoms with Gasteiger partial charge < -0.3 is 4.42 Å². The van der Waals surface area contributed by atoms with Crippen LogP contribution in [0.1, 0.15) is 20.9 Å². The number of carbonyl (C=O) groups is 2. The van der Waals surface area contributed by atoms with Gasteiger partial charge in [0.25, 0.3) is 11.6 Å². The number of hydrogen-bond acceptors (Lipinski definition) is 5. The van der Waals surface area contributed by atoms with Crippen molar-refractivity contribution in [2.24, 2.45) is 0 Å². The molecule has 21 heavy (non-hydrogen) atoms. The topological polar surface area (TPSA) is 114 Å². The first-order valence-electron chi connectivity index (χ1n) is 5.57. The van der Waals surface area contributed by atoms with E-state index in [4.69, 9.17) is 16.0 Å². The van der Waals surface area contributed by atoms with E-state index in [0.29, 0.717) is 0 Å². The minimum absolute atomic E-state index is 0.0120. The SMILES string of the molecule is O=C(NNC(=O)c1ccc([N+](=O)[O-])cc1Cl)c1ccco1. The van der Waals surface area contributed by atoms with Gasteiger partial charge in [-0.25, -0.2) is 0 Å². The van der Waals surface area contributed by atoms with Crippen LogP contribution in [-0.2, 0) is 0 Å². The fourth-order valence-corrected chi connectivity index (χ4v) is 1.71. The van der Waals surface area contributed by atoms with Gasteiger partial charge in [0.2, 0.25) is 0 Å². The van der Waals surface area contributed by atoms with Gasteiger partial charge in [0.1, 0.15) is 0 Å². The van der Waals surface area contributed by atoms with Crippen molar-refractivity contribution in [3.63, 3.8) is 0 Å².